The minimum atomic E-state index is -0.207. The molecule has 1 amide bonds. The predicted molar refractivity (Wildman–Crippen MR) is 112 cm³/mol. The Balaban J connectivity index is 1.61. The van der Waals surface area contributed by atoms with E-state index in [-0.39, 0.29) is 5.91 Å². The average Bonchev–Trinajstić information content (AvgIpc) is 3.12. The van der Waals surface area contributed by atoms with Gasteiger partial charge in [-0.3, -0.25) is 4.79 Å². The number of hydrogen-bond donors (Lipinski definition) is 1. The zero-order valence-electron chi connectivity index (χ0n) is 16.6. The van der Waals surface area contributed by atoms with Crippen LogP contribution in [0.3, 0.4) is 0 Å². The maximum absolute atomic E-state index is 12.7. The van der Waals surface area contributed by atoms with E-state index in [4.69, 9.17) is 25.6 Å². The number of carbonyl (C=O) groups excluding carboxylic acids is 1. The van der Waals surface area contributed by atoms with Gasteiger partial charge in [-0.05, 0) is 49.6 Å². The summed E-state index contributed by atoms with van der Waals surface area (Å²) in [5, 5.41) is 7.61. The van der Waals surface area contributed by atoms with Crippen molar-refractivity contribution in [2.45, 2.75) is 19.8 Å². The average molecular weight is 415 g/mol. The quantitative estimate of drug-likeness (QED) is 0.541. The highest BCUT2D eigenvalue weighted by atomic mass is 35.5. The maximum Gasteiger partial charge on any atom is 0.257 e. The zero-order chi connectivity index (χ0) is 20.8. The van der Waals surface area contributed by atoms with Gasteiger partial charge in [0.1, 0.15) is 17.0 Å². The smallest absolute Gasteiger partial charge is 0.257 e. The van der Waals surface area contributed by atoms with Crippen molar-refractivity contribution in [3.63, 3.8) is 0 Å². The Bertz CT molecular complexity index is 983. The molecule has 0 saturated carbocycles. The van der Waals surface area contributed by atoms with Gasteiger partial charge in [0.2, 0.25) is 0 Å². The fraction of sp³-hybridized carbons (Fsp3) is 0.273. The number of aromatic nitrogens is 1. The Morgan fingerprint density at radius 1 is 1.10 bits per heavy atom. The molecule has 0 aliphatic heterocycles. The van der Waals surface area contributed by atoms with Gasteiger partial charge in [0.15, 0.2) is 11.5 Å². The molecule has 0 atom stereocenters. The highest BCUT2D eigenvalue weighted by molar-refractivity contribution is 6.30. The van der Waals surface area contributed by atoms with Gasteiger partial charge in [0.25, 0.3) is 5.91 Å². The standard InChI is InChI=1S/C22H23ClN2O4/c1-14-20(21(25-29-14)16-7-9-17(23)10-8-16)22(26)24-12-4-5-15-6-11-18(27-2)19(13-15)28-3/h6-11,13H,4-5,12H2,1-3H3,(H,24,26). The second-order valence-corrected chi connectivity index (χ2v) is 6.95. The molecule has 3 aromatic rings. The summed E-state index contributed by atoms with van der Waals surface area (Å²) in [7, 11) is 3.22. The van der Waals surface area contributed by atoms with E-state index in [1.807, 2.05) is 30.3 Å². The third-order valence-corrected chi connectivity index (χ3v) is 4.84. The second kappa shape index (κ2) is 9.47. The van der Waals surface area contributed by atoms with Crippen molar-refractivity contribution in [1.29, 1.82) is 0 Å². The van der Waals surface area contributed by atoms with Crippen LogP contribution < -0.4 is 14.8 Å². The molecular weight excluding hydrogens is 392 g/mol. The summed E-state index contributed by atoms with van der Waals surface area (Å²) in [5.74, 6) is 1.66. The number of amides is 1. The monoisotopic (exact) mass is 414 g/mol. The van der Waals surface area contributed by atoms with Crippen LogP contribution >= 0.6 is 11.6 Å². The molecule has 0 unspecified atom stereocenters. The summed E-state index contributed by atoms with van der Waals surface area (Å²) < 4.78 is 15.8. The SMILES string of the molecule is COc1ccc(CCCNC(=O)c2c(-c3ccc(Cl)cc3)noc2C)cc1OC. The molecule has 152 valence electrons. The number of nitrogens with zero attached hydrogens (tertiary/aromatic N) is 1. The Labute approximate surface area is 174 Å². The van der Waals surface area contributed by atoms with Gasteiger partial charge in [-0.15, -0.1) is 0 Å². The first-order valence-corrected chi connectivity index (χ1v) is 9.62. The normalized spacial score (nSPS) is 10.6. The Kier molecular flexibility index (Phi) is 6.77. The summed E-state index contributed by atoms with van der Waals surface area (Å²) in [6.07, 6.45) is 1.58. The Morgan fingerprint density at radius 3 is 2.52 bits per heavy atom. The number of aryl methyl sites for hydroxylation is 2. The van der Waals surface area contributed by atoms with Crippen LogP contribution in [0.15, 0.2) is 47.0 Å². The van der Waals surface area contributed by atoms with Gasteiger partial charge < -0.3 is 19.3 Å². The molecule has 1 aromatic heterocycles. The molecule has 0 fully saturated rings. The Hall–Kier alpha value is -2.99. The van der Waals surface area contributed by atoms with Crippen LogP contribution in [0.5, 0.6) is 11.5 Å². The molecule has 1 N–H and O–H groups in total. The molecular formula is C22H23ClN2O4. The number of benzene rings is 2. The van der Waals surface area contributed by atoms with Crippen molar-refractivity contribution in [2.24, 2.45) is 0 Å². The number of rotatable bonds is 8. The van der Waals surface area contributed by atoms with E-state index in [0.717, 1.165) is 24.0 Å². The van der Waals surface area contributed by atoms with Crippen molar-refractivity contribution in [3.05, 3.63) is 64.4 Å². The molecule has 0 saturated heterocycles. The minimum Gasteiger partial charge on any atom is -0.493 e. The molecule has 29 heavy (non-hydrogen) atoms. The van der Waals surface area contributed by atoms with Crippen LogP contribution in [0, 0.1) is 6.92 Å². The molecule has 2 aromatic carbocycles. The van der Waals surface area contributed by atoms with E-state index < -0.39 is 0 Å². The molecule has 0 aliphatic carbocycles. The summed E-state index contributed by atoms with van der Waals surface area (Å²) >= 11 is 5.94. The highest BCUT2D eigenvalue weighted by Crippen LogP contribution is 2.28. The molecule has 6 nitrogen and oxygen atoms in total. The van der Waals surface area contributed by atoms with Gasteiger partial charge in [-0.25, -0.2) is 0 Å². The maximum atomic E-state index is 12.7. The first-order chi connectivity index (χ1) is 14.0. The number of nitrogens with one attached hydrogen (secondary N) is 1. The second-order valence-electron chi connectivity index (χ2n) is 6.52. The topological polar surface area (TPSA) is 73.6 Å². The van der Waals surface area contributed by atoms with Crippen LogP contribution in [0.2, 0.25) is 5.02 Å². The lowest BCUT2D eigenvalue weighted by atomic mass is 10.1. The van der Waals surface area contributed by atoms with Crippen molar-refractivity contribution in [1.82, 2.24) is 10.5 Å². The highest BCUT2D eigenvalue weighted by Gasteiger charge is 2.21. The third kappa shape index (κ3) is 4.90. The molecule has 0 bridgehead atoms. The number of methoxy groups -OCH3 is 2. The summed E-state index contributed by atoms with van der Waals surface area (Å²) in [6, 6.07) is 13.0. The summed E-state index contributed by atoms with van der Waals surface area (Å²) in [4.78, 5) is 12.7. The molecule has 3 rings (SSSR count). The number of hydrogen-bond acceptors (Lipinski definition) is 5. The van der Waals surface area contributed by atoms with E-state index in [0.29, 0.717) is 40.1 Å². The van der Waals surface area contributed by atoms with Crippen LogP contribution in [0.25, 0.3) is 11.3 Å². The van der Waals surface area contributed by atoms with Crippen LogP contribution in [-0.2, 0) is 6.42 Å². The predicted octanol–water partition coefficient (Wildman–Crippen LogP) is 4.68. The van der Waals surface area contributed by atoms with Gasteiger partial charge in [0.05, 0.1) is 14.2 Å². The lowest BCUT2D eigenvalue weighted by Gasteiger charge is -2.10. The van der Waals surface area contributed by atoms with E-state index in [1.165, 1.54) is 0 Å². The van der Waals surface area contributed by atoms with Crippen molar-refractivity contribution in [3.8, 4) is 22.8 Å². The lowest BCUT2D eigenvalue weighted by molar-refractivity contribution is 0.0952. The van der Waals surface area contributed by atoms with E-state index in [9.17, 15) is 4.79 Å². The number of halogens is 1. The lowest BCUT2D eigenvalue weighted by Crippen LogP contribution is -2.25. The van der Waals surface area contributed by atoms with E-state index >= 15 is 0 Å². The van der Waals surface area contributed by atoms with Crippen LogP contribution in [0.1, 0.15) is 28.1 Å². The number of carbonyl (C=O) groups is 1. The molecule has 1 heterocycles. The third-order valence-electron chi connectivity index (χ3n) is 4.58. The summed E-state index contributed by atoms with van der Waals surface area (Å²) in [6.45, 7) is 2.25. The first-order valence-electron chi connectivity index (χ1n) is 9.24. The van der Waals surface area contributed by atoms with Gasteiger partial charge >= 0.3 is 0 Å². The van der Waals surface area contributed by atoms with Gasteiger partial charge in [-0.2, -0.15) is 0 Å². The van der Waals surface area contributed by atoms with Gasteiger partial charge in [-0.1, -0.05) is 35.0 Å². The van der Waals surface area contributed by atoms with Crippen LogP contribution in [-0.4, -0.2) is 31.8 Å². The Morgan fingerprint density at radius 2 is 1.83 bits per heavy atom. The van der Waals surface area contributed by atoms with E-state index in [2.05, 4.69) is 10.5 Å². The molecule has 7 heteroatoms. The van der Waals surface area contributed by atoms with Crippen molar-refractivity contribution >= 4 is 17.5 Å². The summed E-state index contributed by atoms with van der Waals surface area (Å²) in [5.41, 5.74) is 2.84. The first kappa shape index (κ1) is 20.7. The number of ether oxygens (including phenoxy) is 2. The largest absolute Gasteiger partial charge is 0.493 e. The van der Waals surface area contributed by atoms with Crippen LogP contribution in [0.4, 0.5) is 0 Å². The minimum absolute atomic E-state index is 0.207. The van der Waals surface area contributed by atoms with Crippen molar-refractivity contribution in [2.75, 3.05) is 20.8 Å². The van der Waals surface area contributed by atoms with E-state index in [1.54, 1.807) is 33.3 Å². The molecule has 0 radical (unpaired) electrons. The van der Waals surface area contributed by atoms with Gasteiger partial charge in [0, 0.05) is 17.1 Å². The molecule has 0 aliphatic rings. The molecule has 0 spiro atoms. The van der Waals surface area contributed by atoms with Crippen molar-refractivity contribution < 1.29 is 18.8 Å². The fourth-order valence-corrected chi connectivity index (χ4v) is 3.19. The zero-order valence-corrected chi connectivity index (χ0v) is 17.4. The fourth-order valence-electron chi connectivity index (χ4n) is 3.06.